The highest BCUT2D eigenvalue weighted by Crippen LogP contribution is 2.38. The molecule has 0 radical (unpaired) electrons. The van der Waals surface area contributed by atoms with E-state index in [1.54, 1.807) is 6.92 Å². The quantitative estimate of drug-likeness (QED) is 0.555. The normalized spacial score (nSPS) is 15.9. The van der Waals surface area contributed by atoms with Crippen LogP contribution in [0.25, 0.3) is 11.3 Å². The summed E-state index contributed by atoms with van der Waals surface area (Å²) in [5, 5.41) is 9.80. The average molecular weight is 463 g/mol. The van der Waals surface area contributed by atoms with Crippen LogP contribution in [-0.2, 0) is 29.5 Å². The molecule has 0 atom stereocenters. The number of rotatable bonds is 6. The zero-order valence-corrected chi connectivity index (χ0v) is 20.8. The number of anilines is 2. The van der Waals surface area contributed by atoms with Crippen molar-refractivity contribution in [1.82, 2.24) is 24.5 Å². The molecule has 1 fully saturated rings. The molecule has 3 aromatic rings. The Morgan fingerprint density at radius 1 is 1.21 bits per heavy atom. The van der Waals surface area contributed by atoms with Gasteiger partial charge in [0.25, 0.3) is 0 Å². The molecular formula is C26H34N6O2. The van der Waals surface area contributed by atoms with E-state index in [2.05, 4.69) is 59.7 Å². The lowest BCUT2D eigenvalue weighted by molar-refractivity contribution is -0.129. The van der Waals surface area contributed by atoms with E-state index >= 15 is 0 Å². The minimum atomic E-state index is 0.115. The third-order valence-corrected chi connectivity index (χ3v) is 7.08. The molecule has 34 heavy (non-hydrogen) atoms. The molecule has 0 saturated carbocycles. The predicted octanol–water partition coefficient (Wildman–Crippen LogP) is 3.92. The maximum atomic E-state index is 12.2. The molecule has 0 N–H and O–H groups in total. The molecule has 8 heteroatoms. The minimum absolute atomic E-state index is 0.115. The molecule has 5 rings (SSSR count). The van der Waals surface area contributed by atoms with Crippen LogP contribution in [-0.4, -0.2) is 56.7 Å². The van der Waals surface area contributed by atoms with Crippen molar-refractivity contribution in [1.29, 1.82) is 0 Å². The number of hydrogen-bond acceptors (Lipinski definition) is 5. The summed E-state index contributed by atoms with van der Waals surface area (Å²) >= 11 is 0. The summed E-state index contributed by atoms with van der Waals surface area (Å²) in [4.78, 5) is 16.5. The van der Waals surface area contributed by atoms with E-state index < -0.39 is 0 Å². The van der Waals surface area contributed by atoms with Gasteiger partial charge in [-0.25, -0.2) is 0 Å². The van der Waals surface area contributed by atoms with Crippen LogP contribution in [0.5, 0.6) is 0 Å². The zero-order valence-electron chi connectivity index (χ0n) is 20.8. The van der Waals surface area contributed by atoms with Crippen LogP contribution in [0.2, 0.25) is 0 Å². The topological polar surface area (TPSA) is 68.4 Å². The molecule has 2 aliphatic rings. The largest absolute Gasteiger partial charge is 0.377 e. The number of nitrogens with zero attached hydrogens (tertiary/aromatic N) is 6. The Morgan fingerprint density at radius 2 is 2.00 bits per heavy atom. The Kier molecular flexibility index (Phi) is 5.93. The maximum Gasteiger partial charge on any atom is 0.219 e. The van der Waals surface area contributed by atoms with Gasteiger partial charge in [-0.1, -0.05) is 13.0 Å². The van der Waals surface area contributed by atoms with Crippen molar-refractivity contribution in [3.63, 3.8) is 0 Å². The van der Waals surface area contributed by atoms with Crippen LogP contribution in [0.3, 0.4) is 0 Å². The van der Waals surface area contributed by atoms with Crippen molar-refractivity contribution in [2.45, 2.75) is 53.1 Å². The number of fused-ring (bicyclic) bond motifs is 1. The van der Waals surface area contributed by atoms with Crippen molar-refractivity contribution < 1.29 is 9.53 Å². The van der Waals surface area contributed by atoms with Crippen LogP contribution in [0, 0.1) is 13.8 Å². The van der Waals surface area contributed by atoms with Gasteiger partial charge in [0.1, 0.15) is 0 Å². The number of hydrogen-bond donors (Lipinski definition) is 0. The molecule has 0 spiro atoms. The fraction of sp³-hybridized carbons (Fsp3) is 0.500. The second kappa shape index (κ2) is 8.91. The van der Waals surface area contributed by atoms with E-state index in [1.807, 2.05) is 16.6 Å². The number of carbonyl (C=O) groups is 1. The number of aryl methyl sites for hydroxylation is 3. The number of aromatic nitrogens is 4. The predicted molar refractivity (Wildman–Crippen MR) is 132 cm³/mol. The van der Waals surface area contributed by atoms with E-state index in [1.165, 1.54) is 16.8 Å². The standard InChI is InChI=1S/C26H34N6O2/c1-6-10-31(24-8-7-20(12-17(24)2)23-13-18(3)29(5)27-23)26-22-14-30(19(4)33)11-9-25(22)32(28-26)21-15-34-16-21/h7-8,12-13,21H,6,9-11,14-16H2,1-5H3. The van der Waals surface area contributed by atoms with Gasteiger partial charge in [0, 0.05) is 61.7 Å². The molecule has 4 heterocycles. The molecule has 1 amide bonds. The van der Waals surface area contributed by atoms with Gasteiger partial charge in [0.05, 0.1) is 31.5 Å². The lowest BCUT2D eigenvalue weighted by atomic mass is 10.0. The summed E-state index contributed by atoms with van der Waals surface area (Å²) in [5.74, 6) is 1.09. The minimum Gasteiger partial charge on any atom is -0.377 e. The lowest BCUT2D eigenvalue weighted by Gasteiger charge is -2.31. The first-order chi connectivity index (χ1) is 16.4. The van der Waals surface area contributed by atoms with Crippen molar-refractivity contribution in [2.75, 3.05) is 31.2 Å². The van der Waals surface area contributed by atoms with Crippen LogP contribution >= 0.6 is 0 Å². The second-order valence-electron chi connectivity index (χ2n) is 9.52. The molecule has 0 aliphatic carbocycles. The number of benzene rings is 1. The van der Waals surface area contributed by atoms with Crippen LogP contribution in [0.15, 0.2) is 24.3 Å². The molecule has 180 valence electrons. The molecule has 8 nitrogen and oxygen atoms in total. The summed E-state index contributed by atoms with van der Waals surface area (Å²) in [6, 6.07) is 8.95. The Morgan fingerprint density at radius 3 is 2.59 bits per heavy atom. The van der Waals surface area contributed by atoms with E-state index in [9.17, 15) is 4.79 Å². The molecule has 2 aliphatic heterocycles. The van der Waals surface area contributed by atoms with Gasteiger partial charge in [0.15, 0.2) is 5.82 Å². The van der Waals surface area contributed by atoms with Gasteiger partial charge in [-0.05, 0) is 44.0 Å². The first-order valence-corrected chi connectivity index (χ1v) is 12.2. The third kappa shape index (κ3) is 3.90. The van der Waals surface area contributed by atoms with Crippen LogP contribution in [0.1, 0.15) is 48.8 Å². The molecule has 0 unspecified atom stereocenters. The van der Waals surface area contributed by atoms with Crippen molar-refractivity contribution >= 4 is 17.4 Å². The number of ether oxygens (including phenoxy) is 1. The van der Waals surface area contributed by atoms with Gasteiger partial charge in [0.2, 0.25) is 5.91 Å². The van der Waals surface area contributed by atoms with E-state index in [0.717, 1.165) is 54.4 Å². The van der Waals surface area contributed by atoms with Gasteiger partial charge in [-0.2, -0.15) is 10.2 Å². The highest BCUT2D eigenvalue weighted by Gasteiger charge is 2.33. The molecule has 1 aromatic carbocycles. The molecular weight excluding hydrogens is 428 g/mol. The Hall–Kier alpha value is -3.13. The van der Waals surface area contributed by atoms with Crippen molar-refractivity contribution in [3.05, 3.63) is 46.8 Å². The molecule has 2 aromatic heterocycles. The fourth-order valence-electron chi connectivity index (χ4n) is 4.96. The van der Waals surface area contributed by atoms with Crippen molar-refractivity contribution in [3.8, 4) is 11.3 Å². The Bertz CT molecular complexity index is 1200. The highest BCUT2D eigenvalue weighted by atomic mass is 16.5. The Labute approximate surface area is 201 Å². The first kappa shape index (κ1) is 22.7. The molecule has 1 saturated heterocycles. The summed E-state index contributed by atoms with van der Waals surface area (Å²) in [7, 11) is 1.97. The average Bonchev–Trinajstić information content (AvgIpc) is 3.31. The van der Waals surface area contributed by atoms with Crippen molar-refractivity contribution in [2.24, 2.45) is 7.05 Å². The summed E-state index contributed by atoms with van der Waals surface area (Å²) in [6.45, 7) is 11.7. The van der Waals surface area contributed by atoms with Gasteiger partial charge < -0.3 is 14.5 Å². The van der Waals surface area contributed by atoms with E-state index in [4.69, 9.17) is 9.84 Å². The number of amides is 1. The van der Waals surface area contributed by atoms with Crippen LogP contribution < -0.4 is 4.90 Å². The number of carbonyl (C=O) groups excluding carboxylic acids is 1. The zero-order chi connectivity index (χ0) is 24.0. The van der Waals surface area contributed by atoms with E-state index in [0.29, 0.717) is 19.8 Å². The highest BCUT2D eigenvalue weighted by molar-refractivity contribution is 5.75. The van der Waals surface area contributed by atoms with Gasteiger partial charge >= 0.3 is 0 Å². The van der Waals surface area contributed by atoms with E-state index in [-0.39, 0.29) is 11.9 Å². The monoisotopic (exact) mass is 462 g/mol. The smallest absolute Gasteiger partial charge is 0.219 e. The van der Waals surface area contributed by atoms with Crippen LogP contribution in [0.4, 0.5) is 11.5 Å². The lowest BCUT2D eigenvalue weighted by Crippen LogP contribution is -2.37. The Balaban J connectivity index is 1.57. The van der Waals surface area contributed by atoms with Gasteiger partial charge in [-0.15, -0.1) is 0 Å². The summed E-state index contributed by atoms with van der Waals surface area (Å²) in [6.07, 6.45) is 1.82. The fourth-order valence-corrected chi connectivity index (χ4v) is 4.96. The SMILES string of the molecule is CCCN(c1ccc(-c2cc(C)n(C)n2)cc1C)c1nn(C2COC2)c2c1CN(C(C)=O)CC2. The third-order valence-electron chi connectivity index (χ3n) is 7.08. The first-order valence-electron chi connectivity index (χ1n) is 12.2. The summed E-state index contributed by atoms with van der Waals surface area (Å²) < 4.78 is 9.56. The summed E-state index contributed by atoms with van der Waals surface area (Å²) in [5.41, 5.74) is 7.99. The van der Waals surface area contributed by atoms with Gasteiger partial charge in [-0.3, -0.25) is 14.2 Å². The maximum absolute atomic E-state index is 12.2. The molecule has 0 bridgehead atoms. The second-order valence-corrected chi connectivity index (χ2v) is 9.52.